The average Bonchev–Trinajstić information content (AvgIpc) is 3.01. The molecule has 0 aromatic heterocycles. The van der Waals surface area contributed by atoms with Crippen LogP contribution in [0.15, 0.2) is 0 Å². The van der Waals surface area contributed by atoms with Gasteiger partial charge < -0.3 is 20.4 Å². The minimum atomic E-state index is -0.748. The monoisotopic (exact) mass is 408 g/mol. The summed E-state index contributed by atoms with van der Waals surface area (Å²) in [6.07, 6.45) is 6.00. The summed E-state index contributed by atoms with van der Waals surface area (Å²) in [7, 11) is 0. The Balaban J connectivity index is 1.61. The molecule has 0 bridgehead atoms. The van der Waals surface area contributed by atoms with E-state index in [0.717, 1.165) is 44.9 Å². The molecule has 1 unspecified atom stereocenters. The number of aliphatic hydroxyl groups excluding tert-OH is 3. The summed E-state index contributed by atoms with van der Waals surface area (Å²) in [4.78, 5) is 11.1. The first-order chi connectivity index (χ1) is 13.6. The van der Waals surface area contributed by atoms with Crippen LogP contribution in [-0.4, -0.2) is 44.7 Å². The van der Waals surface area contributed by atoms with Gasteiger partial charge in [-0.1, -0.05) is 20.8 Å². The van der Waals surface area contributed by atoms with Crippen molar-refractivity contribution in [2.45, 2.75) is 96.9 Å². The molecule has 4 aliphatic rings. The number of rotatable bonds is 4. The van der Waals surface area contributed by atoms with Crippen molar-refractivity contribution in [3.63, 3.8) is 0 Å². The highest BCUT2D eigenvalue weighted by Crippen LogP contribution is 2.68. The number of carbonyl (C=O) groups is 1. The molecule has 0 heterocycles. The molecule has 0 aliphatic heterocycles. The third-order valence-corrected chi connectivity index (χ3v) is 10.3. The zero-order valence-electron chi connectivity index (χ0n) is 18.3. The van der Waals surface area contributed by atoms with E-state index in [1.165, 1.54) is 0 Å². The van der Waals surface area contributed by atoms with Gasteiger partial charge in [0.25, 0.3) is 0 Å². The number of aliphatic carboxylic acids is 1. The summed E-state index contributed by atoms with van der Waals surface area (Å²) in [5.41, 5.74) is -0.143. The third kappa shape index (κ3) is 3.27. The van der Waals surface area contributed by atoms with Crippen LogP contribution < -0.4 is 0 Å². The van der Waals surface area contributed by atoms with E-state index in [-0.39, 0.29) is 41.3 Å². The van der Waals surface area contributed by atoms with Crippen molar-refractivity contribution < 1.29 is 25.2 Å². The molecular weight excluding hydrogens is 368 g/mol. The predicted octanol–water partition coefficient (Wildman–Crippen LogP) is 3.45. The van der Waals surface area contributed by atoms with Crippen LogP contribution in [0.5, 0.6) is 0 Å². The minimum Gasteiger partial charge on any atom is -0.481 e. The van der Waals surface area contributed by atoms with Crippen LogP contribution in [0.1, 0.15) is 78.6 Å². The predicted molar refractivity (Wildman–Crippen MR) is 110 cm³/mol. The van der Waals surface area contributed by atoms with Gasteiger partial charge in [0.05, 0.1) is 18.3 Å². The van der Waals surface area contributed by atoms with Crippen LogP contribution in [0, 0.1) is 46.3 Å². The van der Waals surface area contributed by atoms with Crippen LogP contribution in [-0.2, 0) is 4.79 Å². The van der Waals surface area contributed by atoms with E-state index < -0.39 is 12.1 Å². The molecule has 11 atom stereocenters. The molecule has 0 saturated heterocycles. The van der Waals surface area contributed by atoms with E-state index in [2.05, 4.69) is 20.8 Å². The van der Waals surface area contributed by atoms with Gasteiger partial charge in [-0.3, -0.25) is 4.79 Å². The van der Waals surface area contributed by atoms with Crippen molar-refractivity contribution >= 4 is 5.97 Å². The van der Waals surface area contributed by atoms with Gasteiger partial charge in [0.2, 0.25) is 0 Å². The van der Waals surface area contributed by atoms with E-state index >= 15 is 0 Å². The molecular formula is C24H40O5. The largest absolute Gasteiger partial charge is 0.481 e. The van der Waals surface area contributed by atoms with Gasteiger partial charge in [0, 0.05) is 6.42 Å². The Hall–Kier alpha value is -0.650. The summed E-state index contributed by atoms with van der Waals surface area (Å²) in [5.74, 6) is 0.997. The number of aliphatic hydroxyl groups is 3. The van der Waals surface area contributed by atoms with Crippen molar-refractivity contribution in [3.8, 4) is 0 Å². The molecule has 0 aromatic carbocycles. The molecule has 166 valence electrons. The third-order valence-electron chi connectivity index (χ3n) is 10.3. The van der Waals surface area contributed by atoms with E-state index in [1.54, 1.807) is 0 Å². The normalized spacial score (nSPS) is 52.9. The fourth-order valence-corrected chi connectivity index (χ4v) is 8.68. The molecule has 4 aliphatic carbocycles. The van der Waals surface area contributed by atoms with Gasteiger partial charge in [0.15, 0.2) is 0 Å². The molecule has 0 radical (unpaired) electrons. The standard InChI is InChI=1S/C24H40O5/c1-13(4-7-21(28)29)16-5-6-17-22-18(12-20(27)24(16,17)3)23(2)9-8-15(25)10-14(23)11-19(22)26/h13-20,22,25-27H,4-12H2,1-3H3,(H,28,29)/t13-,14+,15?,16-,17+,18+,19-,20+,22+,23+,24-/m1/s1. The lowest BCUT2D eigenvalue weighted by Crippen LogP contribution is -2.62. The highest BCUT2D eigenvalue weighted by atomic mass is 16.4. The first kappa shape index (κ1) is 21.6. The molecule has 0 spiro atoms. The van der Waals surface area contributed by atoms with Crippen molar-refractivity contribution in [2.75, 3.05) is 0 Å². The fourth-order valence-electron chi connectivity index (χ4n) is 8.68. The highest BCUT2D eigenvalue weighted by molar-refractivity contribution is 5.66. The van der Waals surface area contributed by atoms with Gasteiger partial charge in [-0.05, 0) is 97.7 Å². The molecule has 29 heavy (non-hydrogen) atoms. The van der Waals surface area contributed by atoms with Crippen LogP contribution in [0.4, 0.5) is 0 Å². The van der Waals surface area contributed by atoms with Crippen molar-refractivity contribution in [3.05, 3.63) is 0 Å². The fraction of sp³-hybridized carbons (Fsp3) is 0.958. The molecule has 4 N–H and O–H groups in total. The maximum atomic E-state index is 11.5. The maximum absolute atomic E-state index is 11.5. The minimum absolute atomic E-state index is 0.0957. The second-order valence-corrected chi connectivity index (χ2v) is 11.4. The lowest BCUT2D eigenvalue weighted by atomic mass is 9.43. The highest BCUT2D eigenvalue weighted by Gasteiger charge is 2.65. The van der Waals surface area contributed by atoms with Crippen molar-refractivity contribution in [1.82, 2.24) is 0 Å². The second-order valence-electron chi connectivity index (χ2n) is 11.4. The number of fused-ring (bicyclic) bond motifs is 5. The smallest absolute Gasteiger partial charge is 0.303 e. The van der Waals surface area contributed by atoms with E-state index in [1.807, 2.05) is 0 Å². The summed E-state index contributed by atoms with van der Waals surface area (Å²) in [5, 5.41) is 42.0. The quantitative estimate of drug-likeness (QED) is 0.571. The van der Waals surface area contributed by atoms with E-state index in [4.69, 9.17) is 5.11 Å². The van der Waals surface area contributed by atoms with Crippen LogP contribution in [0.3, 0.4) is 0 Å². The Morgan fingerprint density at radius 1 is 1.03 bits per heavy atom. The summed E-state index contributed by atoms with van der Waals surface area (Å²) < 4.78 is 0. The zero-order chi connectivity index (χ0) is 21.1. The molecule has 5 heteroatoms. The molecule has 4 saturated carbocycles. The summed E-state index contributed by atoms with van der Waals surface area (Å²) in [6.45, 7) is 6.72. The SMILES string of the molecule is C[C@H](CCC(=O)O)[C@H]1CC[C@H]2[C@@H]3[C@H](O)C[C@@H]4CC(O)CC[C@]4(C)[C@H]3C[C@H](O)[C@]12C. The Morgan fingerprint density at radius 3 is 2.45 bits per heavy atom. The van der Waals surface area contributed by atoms with E-state index in [0.29, 0.717) is 30.1 Å². The van der Waals surface area contributed by atoms with Crippen LogP contribution in [0.25, 0.3) is 0 Å². The summed E-state index contributed by atoms with van der Waals surface area (Å²) in [6, 6.07) is 0. The Morgan fingerprint density at radius 2 is 1.76 bits per heavy atom. The molecule has 4 fully saturated rings. The number of carboxylic acids is 1. The maximum Gasteiger partial charge on any atom is 0.303 e. The Kier molecular flexibility index (Phi) is 5.57. The van der Waals surface area contributed by atoms with Gasteiger partial charge in [-0.25, -0.2) is 0 Å². The topological polar surface area (TPSA) is 98.0 Å². The van der Waals surface area contributed by atoms with Crippen LogP contribution >= 0.6 is 0 Å². The van der Waals surface area contributed by atoms with Gasteiger partial charge in [-0.15, -0.1) is 0 Å². The lowest BCUT2D eigenvalue weighted by Gasteiger charge is -2.63. The lowest BCUT2D eigenvalue weighted by molar-refractivity contribution is -0.207. The first-order valence-electron chi connectivity index (χ1n) is 11.8. The molecule has 0 aromatic rings. The number of carboxylic acid groups (broad SMARTS) is 1. The average molecular weight is 409 g/mol. The van der Waals surface area contributed by atoms with Crippen molar-refractivity contribution in [2.24, 2.45) is 46.3 Å². The van der Waals surface area contributed by atoms with Crippen molar-refractivity contribution in [1.29, 1.82) is 0 Å². The second kappa shape index (κ2) is 7.49. The number of hydrogen-bond donors (Lipinski definition) is 4. The van der Waals surface area contributed by atoms with Gasteiger partial charge in [0.1, 0.15) is 0 Å². The van der Waals surface area contributed by atoms with Gasteiger partial charge in [-0.2, -0.15) is 0 Å². The number of hydrogen-bond acceptors (Lipinski definition) is 4. The summed E-state index contributed by atoms with van der Waals surface area (Å²) >= 11 is 0. The Labute approximate surface area is 174 Å². The van der Waals surface area contributed by atoms with E-state index in [9.17, 15) is 20.1 Å². The first-order valence-corrected chi connectivity index (χ1v) is 11.8. The zero-order valence-corrected chi connectivity index (χ0v) is 18.3. The Bertz CT molecular complexity index is 637. The van der Waals surface area contributed by atoms with Gasteiger partial charge >= 0.3 is 5.97 Å². The molecule has 0 amide bonds. The van der Waals surface area contributed by atoms with Crippen LogP contribution in [0.2, 0.25) is 0 Å². The molecule has 5 nitrogen and oxygen atoms in total. The molecule has 4 rings (SSSR count).